The van der Waals surface area contributed by atoms with Crippen LogP contribution in [0.15, 0.2) is 60.7 Å². The summed E-state index contributed by atoms with van der Waals surface area (Å²) in [5, 5.41) is 13.9. The number of halogens is 2. The van der Waals surface area contributed by atoms with Crippen molar-refractivity contribution in [2.45, 2.75) is 12.1 Å². The van der Waals surface area contributed by atoms with Gasteiger partial charge in [-0.3, -0.25) is 4.79 Å². The Balaban J connectivity index is 1.77. The number of nitrogens with one attached hydrogen (secondary N) is 1. The molecule has 0 spiro atoms. The number of carbonyl (C=O) groups excluding carboxylic acids is 1. The Kier molecular flexibility index (Phi) is 5.03. The molecule has 148 valence electrons. The van der Waals surface area contributed by atoms with Crippen molar-refractivity contribution in [1.29, 1.82) is 0 Å². The predicted octanol–water partition coefficient (Wildman–Crippen LogP) is 4.92. The van der Waals surface area contributed by atoms with Gasteiger partial charge in [0.25, 0.3) is 0 Å². The highest BCUT2D eigenvalue weighted by molar-refractivity contribution is 6.34. The number of fused-ring (bicyclic) bond motifs is 1. The Morgan fingerprint density at radius 1 is 1.03 bits per heavy atom. The van der Waals surface area contributed by atoms with Crippen LogP contribution in [0.2, 0.25) is 5.02 Å². The van der Waals surface area contributed by atoms with Crippen molar-refractivity contribution < 1.29 is 14.3 Å². The molecule has 4 rings (SSSR count). The SMILES string of the molecule is CN(C)c1ccc(-c2cc3c(cc2Cl)NC(O)C(c2cccc(F)c2)C3=O)cc1. The molecule has 0 bridgehead atoms. The van der Waals surface area contributed by atoms with Gasteiger partial charge >= 0.3 is 0 Å². The molecular weight excluding hydrogens is 391 g/mol. The number of hydrogen-bond donors (Lipinski definition) is 2. The van der Waals surface area contributed by atoms with Crippen LogP contribution in [0.5, 0.6) is 0 Å². The van der Waals surface area contributed by atoms with E-state index in [2.05, 4.69) is 5.32 Å². The van der Waals surface area contributed by atoms with Gasteiger partial charge in [0.2, 0.25) is 0 Å². The fourth-order valence-electron chi connectivity index (χ4n) is 3.64. The molecule has 2 unspecified atom stereocenters. The third kappa shape index (κ3) is 3.59. The first kappa shape index (κ1) is 19.4. The molecular formula is C23H20ClFN2O2. The van der Waals surface area contributed by atoms with Gasteiger partial charge in [0.15, 0.2) is 5.78 Å². The van der Waals surface area contributed by atoms with Crippen LogP contribution in [0.1, 0.15) is 21.8 Å². The van der Waals surface area contributed by atoms with Crippen LogP contribution in [-0.4, -0.2) is 31.2 Å². The second kappa shape index (κ2) is 7.50. The maximum atomic E-state index is 13.7. The van der Waals surface area contributed by atoms with Crippen LogP contribution in [0.25, 0.3) is 11.1 Å². The minimum absolute atomic E-state index is 0.278. The monoisotopic (exact) mass is 410 g/mol. The van der Waals surface area contributed by atoms with E-state index in [9.17, 15) is 14.3 Å². The van der Waals surface area contributed by atoms with Crippen LogP contribution in [0.3, 0.4) is 0 Å². The van der Waals surface area contributed by atoms with E-state index in [0.717, 1.165) is 16.8 Å². The van der Waals surface area contributed by atoms with Crippen molar-refractivity contribution in [3.05, 3.63) is 82.6 Å². The van der Waals surface area contributed by atoms with Gasteiger partial charge < -0.3 is 15.3 Å². The number of benzene rings is 3. The van der Waals surface area contributed by atoms with Gasteiger partial charge in [0.1, 0.15) is 12.0 Å². The minimum Gasteiger partial charge on any atom is -0.378 e. The molecule has 0 saturated heterocycles. The van der Waals surface area contributed by atoms with Crippen LogP contribution < -0.4 is 10.2 Å². The summed E-state index contributed by atoms with van der Waals surface area (Å²) in [6.45, 7) is 0. The molecule has 0 fully saturated rings. The van der Waals surface area contributed by atoms with Gasteiger partial charge in [0, 0.05) is 36.6 Å². The summed E-state index contributed by atoms with van der Waals surface area (Å²) >= 11 is 6.47. The number of ketones is 1. The second-order valence-corrected chi connectivity index (χ2v) is 7.71. The van der Waals surface area contributed by atoms with Gasteiger partial charge in [-0.1, -0.05) is 35.9 Å². The zero-order chi connectivity index (χ0) is 20.7. The number of nitrogens with zero attached hydrogens (tertiary/aromatic N) is 1. The van der Waals surface area contributed by atoms with E-state index in [0.29, 0.717) is 21.8 Å². The lowest BCUT2D eigenvalue weighted by molar-refractivity contribution is 0.0835. The molecule has 0 amide bonds. The van der Waals surface area contributed by atoms with Gasteiger partial charge in [-0.15, -0.1) is 0 Å². The first-order chi connectivity index (χ1) is 13.8. The molecule has 3 aromatic rings. The molecule has 4 nitrogen and oxygen atoms in total. The normalized spacial score (nSPS) is 18.2. The Bertz CT molecular complexity index is 1080. The molecule has 0 aromatic heterocycles. The zero-order valence-corrected chi connectivity index (χ0v) is 16.7. The van der Waals surface area contributed by atoms with Crippen molar-refractivity contribution >= 4 is 28.8 Å². The summed E-state index contributed by atoms with van der Waals surface area (Å²) in [7, 11) is 3.92. The van der Waals surface area contributed by atoms with E-state index < -0.39 is 18.0 Å². The van der Waals surface area contributed by atoms with Crippen LogP contribution >= 0.6 is 11.6 Å². The summed E-state index contributed by atoms with van der Waals surface area (Å²) in [6.07, 6.45) is -1.17. The van der Waals surface area contributed by atoms with Crippen molar-refractivity contribution in [2.75, 3.05) is 24.3 Å². The third-order valence-corrected chi connectivity index (χ3v) is 5.49. The largest absolute Gasteiger partial charge is 0.378 e. The molecule has 3 aromatic carbocycles. The number of aliphatic hydroxyl groups excluding tert-OH is 1. The van der Waals surface area contributed by atoms with E-state index in [1.54, 1.807) is 18.2 Å². The number of hydrogen-bond acceptors (Lipinski definition) is 4. The maximum Gasteiger partial charge on any atom is 0.176 e. The Hall–Kier alpha value is -2.89. The van der Waals surface area contributed by atoms with E-state index in [-0.39, 0.29) is 5.78 Å². The number of anilines is 2. The lowest BCUT2D eigenvalue weighted by Crippen LogP contribution is -2.37. The topological polar surface area (TPSA) is 52.6 Å². The van der Waals surface area contributed by atoms with Gasteiger partial charge in [-0.25, -0.2) is 4.39 Å². The first-order valence-electron chi connectivity index (χ1n) is 9.21. The van der Waals surface area contributed by atoms with Crippen molar-refractivity contribution in [3.8, 4) is 11.1 Å². The smallest absolute Gasteiger partial charge is 0.176 e. The van der Waals surface area contributed by atoms with Gasteiger partial charge in [0.05, 0.1) is 10.9 Å². The summed E-state index contributed by atoms with van der Waals surface area (Å²) < 4.78 is 13.7. The summed E-state index contributed by atoms with van der Waals surface area (Å²) in [5.41, 5.74) is 3.96. The highest BCUT2D eigenvalue weighted by Crippen LogP contribution is 2.40. The van der Waals surface area contributed by atoms with E-state index in [4.69, 9.17) is 11.6 Å². The van der Waals surface area contributed by atoms with E-state index in [1.165, 1.54) is 18.2 Å². The summed E-state index contributed by atoms with van der Waals surface area (Å²) in [5.74, 6) is -1.63. The summed E-state index contributed by atoms with van der Waals surface area (Å²) in [6, 6.07) is 17.0. The van der Waals surface area contributed by atoms with Crippen molar-refractivity contribution in [2.24, 2.45) is 0 Å². The van der Waals surface area contributed by atoms with Crippen LogP contribution in [-0.2, 0) is 0 Å². The molecule has 1 aliphatic rings. The third-order valence-electron chi connectivity index (χ3n) is 5.18. The number of aliphatic hydroxyl groups is 1. The standard InChI is InChI=1S/C23H20ClFN2O2/c1-27(2)16-8-6-13(7-9-16)17-11-18-20(12-19(17)24)26-23(29)21(22(18)28)14-4-3-5-15(25)10-14/h3-12,21,23,26,29H,1-2H3. The number of carbonyl (C=O) groups is 1. The second-order valence-electron chi connectivity index (χ2n) is 7.31. The Morgan fingerprint density at radius 2 is 1.76 bits per heavy atom. The van der Waals surface area contributed by atoms with Gasteiger partial charge in [-0.05, 0) is 47.5 Å². The zero-order valence-electron chi connectivity index (χ0n) is 16.0. The minimum atomic E-state index is -1.17. The molecule has 1 aliphatic heterocycles. The molecule has 1 heterocycles. The summed E-state index contributed by atoms with van der Waals surface area (Å²) in [4.78, 5) is 15.2. The van der Waals surface area contributed by atoms with Crippen molar-refractivity contribution in [3.63, 3.8) is 0 Å². The Labute approximate surface area is 173 Å². The fraction of sp³-hybridized carbons (Fsp3) is 0.174. The van der Waals surface area contributed by atoms with Crippen LogP contribution in [0, 0.1) is 5.82 Å². The molecule has 2 N–H and O–H groups in total. The predicted molar refractivity (Wildman–Crippen MR) is 114 cm³/mol. The van der Waals surface area contributed by atoms with Gasteiger partial charge in [-0.2, -0.15) is 0 Å². The fourth-order valence-corrected chi connectivity index (χ4v) is 3.92. The highest BCUT2D eigenvalue weighted by atomic mass is 35.5. The molecule has 2 atom stereocenters. The Morgan fingerprint density at radius 3 is 2.41 bits per heavy atom. The van der Waals surface area contributed by atoms with E-state index in [1.807, 2.05) is 43.3 Å². The van der Waals surface area contributed by atoms with Crippen molar-refractivity contribution in [1.82, 2.24) is 0 Å². The average molecular weight is 411 g/mol. The molecule has 6 heteroatoms. The molecule has 0 aliphatic carbocycles. The molecule has 0 radical (unpaired) electrons. The van der Waals surface area contributed by atoms with E-state index >= 15 is 0 Å². The number of rotatable bonds is 3. The maximum absolute atomic E-state index is 13.7. The average Bonchev–Trinajstić information content (AvgIpc) is 2.68. The number of Topliss-reactive ketones (excluding diaryl/α,β-unsaturated/α-hetero) is 1. The molecule has 29 heavy (non-hydrogen) atoms. The first-order valence-corrected chi connectivity index (χ1v) is 9.58. The quantitative estimate of drug-likeness (QED) is 0.643. The lowest BCUT2D eigenvalue weighted by atomic mass is 9.84. The van der Waals surface area contributed by atoms with Crippen LogP contribution in [0.4, 0.5) is 15.8 Å². The lowest BCUT2D eigenvalue weighted by Gasteiger charge is -2.31. The highest BCUT2D eigenvalue weighted by Gasteiger charge is 2.36. The molecule has 0 saturated carbocycles.